The van der Waals surface area contributed by atoms with Crippen molar-refractivity contribution in [2.45, 2.75) is 57.8 Å². The molecule has 0 amide bonds. The highest BCUT2D eigenvalue weighted by Gasteiger charge is 2.45. The fourth-order valence-electron chi connectivity index (χ4n) is 2.16. The number of ether oxygens (including phenoxy) is 3. The zero-order valence-electron chi connectivity index (χ0n) is 10.4. The Morgan fingerprint density at radius 2 is 1.56 bits per heavy atom. The summed E-state index contributed by atoms with van der Waals surface area (Å²) in [6.07, 6.45) is 5.06. The molecule has 1 spiro atoms. The number of nitrogens with zero attached hydrogens (tertiary/aromatic N) is 1. The molecular formula is C12H21NO3. The maximum Gasteiger partial charge on any atom is 0.286 e. The van der Waals surface area contributed by atoms with Crippen LogP contribution in [0.25, 0.3) is 0 Å². The summed E-state index contributed by atoms with van der Waals surface area (Å²) < 4.78 is 16.3. The van der Waals surface area contributed by atoms with E-state index in [1.165, 1.54) is 0 Å². The molecule has 0 radical (unpaired) electrons. The van der Waals surface area contributed by atoms with Gasteiger partial charge in [-0.3, -0.25) is 0 Å². The Balaban J connectivity index is 0.000000606. The van der Waals surface area contributed by atoms with E-state index in [9.17, 15) is 0 Å². The van der Waals surface area contributed by atoms with Crippen LogP contribution in [-0.4, -0.2) is 24.6 Å². The van der Waals surface area contributed by atoms with Crippen LogP contribution in [0.15, 0.2) is 0 Å². The smallest absolute Gasteiger partial charge is 0.286 e. The van der Waals surface area contributed by atoms with E-state index in [0.717, 1.165) is 25.7 Å². The van der Waals surface area contributed by atoms with Crippen molar-refractivity contribution in [1.29, 1.82) is 5.26 Å². The van der Waals surface area contributed by atoms with Crippen molar-refractivity contribution in [3.8, 4) is 6.26 Å². The van der Waals surface area contributed by atoms with Gasteiger partial charge in [0.25, 0.3) is 6.26 Å². The van der Waals surface area contributed by atoms with Gasteiger partial charge in [0.05, 0.1) is 13.2 Å². The van der Waals surface area contributed by atoms with Crippen molar-refractivity contribution in [3.05, 3.63) is 0 Å². The van der Waals surface area contributed by atoms with E-state index >= 15 is 0 Å². The van der Waals surface area contributed by atoms with Gasteiger partial charge in [-0.15, -0.1) is 0 Å². The fraction of sp³-hybridized carbons (Fsp3) is 0.917. The first-order chi connectivity index (χ1) is 7.68. The van der Waals surface area contributed by atoms with Crippen molar-refractivity contribution in [3.63, 3.8) is 0 Å². The Morgan fingerprint density at radius 1 is 1.06 bits per heavy atom. The molecule has 0 aromatic rings. The largest absolute Gasteiger partial charge is 0.421 e. The summed E-state index contributed by atoms with van der Waals surface area (Å²) in [6, 6.07) is 0. The molecule has 0 bridgehead atoms. The molecule has 1 heterocycles. The van der Waals surface area contributed by atoms with E-state index < -0.39 is 0 Å². The van der Waals surface area contributed by atoms with Gasteiger partial charge in [-0.25, -0.2) is 0 Å². The molecule has 0 unspecified atom stereocenters. The van der Waals surface area contributed by atoms with Crippen molar-refractivity contribution in [2.24, 2.45) is 0 Å². The number of hydrogen-bond donors (Lipinski definition) is 0. The average molecular weight is 227 g/mol. The van der Waals surface area contributed by atoms with Gasteiger partial charge in [-0.1, -0.05) is 13.8 Å². The molecule has 1 aliphatic heterocycles. The van der Waals surface area contributed by atoms with Crippen LogP contribution in [0.4, 0.5) is 0 Å². The molecule has 1 aliphatic carbocycles. The second-order valence-corrected chi connectivity index (χ2v) is 4.25. The van der Waals surface area contributed by atoms with E-state index in [2.05, 4.69) is 0 Å². The van der Waals surface area contributed by atoms with Crippen LogP contribution >= 0.6 is 0 Å². The van der Waals surface area contributed by atoms with Crippen LogP contribution in [0, 0.1) is 11.5 Å². The van der Waals surface area contributed by atoms with Crippen LogP contribution in [0.2, 0.25) is 0 Å². The Kier molecular flexibility index (Phi) is 4.57. The Hall–Kier alpha value is -0.790. The predicted octanol–water partition coefficient (Wildman–Crippen LogP) is 2.59. The first-order valence-electron chi connectivity index (χ1n) is 6.03. The lowest BCUT2D eigenvalue weighted by atomic mass is 9.82. The standard InChI is InChI=1S/C10H15NO3.C2H6/c1-9(14-8-11)2-4-10(5-3-9)12-6-7-13-10;1-2/h2-7H2,1H3;1-2H3. The Labute approximate surface area is 97.5 Å². The van der Waals surface area contributed by atoms with Gasteiger partial charge in [-0.05, 0) is 19.8 Å². The van der Waals surface area contributed by atoms with Crippen molar-refractivity contribution in [2.75, 3.05) is 13.2 Å². The monoisotopic (exact) mass is 227 g/mol. The van der Waals surface area contributed by atoms with E-state index in [4.69, 9.17) is 19.5 Å². The molecule has 1 saturated carbocycles. The molecule has 4 heteroatoms. The first kappa shape index (κ1) is 13.3. The summed E-state index contributed by atoms with van der Waals surface area (Å²) >= 11 is 0. The first-order valence-corrected chi connectivity index (χ1v) is 6.03. The highest BCUT2D eigenvalue weighted by Crippen LogP contribution is 2.41. The summed E-state index contributed by atoms with van der Waals surface area (Å²) in [4.78, 5) is 0. The minimum absolute atomic E-state index is 0.310. The van der Waals surface area contributed by atoms with Crippen LogP contribution < -0.4 is 0 Å². The third kappa shape index (κ3) is 2.87. The van der Waals surface area contributed by atoms with E-state index in [-0.39, 0.29) is 11.4 Å². The number of nitriles is 1. The lowest BCUT2D eigenvalue weighted by Crippen LogP contribution is -2.42. The SMILES string of the molecule is CC.CC1(OC#N)CCC2(CC1)OCCO2. The second-order valence-electron chi connectivity index (χ2n) is 4.25. The molecule has 2 fully saturated rings. The average Bonchev–Trinajstić information content (AvgIpc) is 2.76. The maximum atomic E-state index is 8.51. The number of rotatable bonds is 1. The second kappa shape index (κ2) is 5.51. The van der Waals surface area contributed by atoms with Gasteiger partial charge in [0, 0.05) is 12.8 Å². The normalized spacial score (nSPS) is 25.4. The molecule has 0 aromatic heterocycles. The minimum atomic E-state index is -0.363. The maximum absolute atomic E-state index is 8.51. The third-order valence-electron chi connectivity index (χ3n) is 3.18. The van der Waals surface area contributed by atoms with Gasteiger partial charge in [0.2, 0.25) is 0 Å². The van der Waals surface area contributed by atoms with Crippen LogP contribution in [0.3, 0.4) is 0 Å². The van der Waals surface area contributed by atoms with Gasteiger partial charge in [0.15, 0.2) is 5.79 Å². The van der Waals surface area contributed by atoms with Crippen LogP contribution in [0.1, 0.15) is 46.5 Å². The van der Waals surface area contributed by atoms with Crippen molar-refractivity contribution >= 4 is 0 Å². The molecule has 0 atom stereocenters. The lowest BCUT2D eigenvalue weighted by molar-refractivity contribution is -0.199. The zero-order chi connectivity index (χ0) is 12.1. The number of hydrogen-bond acceptors (Lipinski definition) is 4. The van der Waals surface area contributed by atoms with Crippen molar-refractivity contribution in [1.82, 2.24) is 0 Å². The van der Waals surface area contributed by atoms with Gasteiger partial charge in [0.1, 0.15) is 5.60 Å². The Morgan fingerprint density at radius 3 is 2.00 bits per heavy atom. The summed E-state index contributed by atoms with van der Waals surface area (Å²) in [5, 5.41) is 8.51. The summed E-state index contributed by atoms with van der Waals surface area (Å²) in [6.45, 7) is 7.35. The highest BCUT2D eigenvalue weighted by atomic mass is 16.7. The Bertz CT molecular complexity index is 243. The minimum Gasteiger partial charge on any atom is -0.421 e. The lowest BCUT2D eigenvalue weighted by Gasteiger charge is -2.39. The molecule has 0 N–H and O–H groups in total. The third-order valence-corrected chi connectivity index (χ3v) is 3.18. The zero-order valence-corrected chi connectivity index (χ0v) is 10.4. The topological polar surface area (TPSA) is 51.5 Å². The highest BCUT2D eigenvalue weighted by molar-refractivity contribution is 4.91. The van der Waals surface area contributed by atoms with Crippen molar-refractivity contribution < 1.29 is 14.2 Å². The molecular weight excluding hydrogens is 206 g/mol. The van der Waals surface area contributed by atoms with E-state index in [1.807, 2.05) is 20.8 Å². The summed E-state index contributed by atoms with van der Waals surface area (Å²) in [5.74, 6) is -0.363. The molecule has 0 aromatic carbocycles. The molecule has 2 rings (SSSR count). The van der Waals surface area contributed by atoms with E-state index in [0.29, 0.717) is 13.2 Å². The molecule has 2 aliphatic rings. The molecule has 4 nitrogen and oxygen atoms in total. The molecule has 92 valence electrons. The van der Waals surface area contributed by atoms with Gasteiger partial charge in [-0.2, -0.15) is 5.26 Å². The van der Waals surface area contributed by atoms with Crippen LogP contribution in [-0.2, 0) is 14.2 Å². The molecule has 16 heavy (non-hydrogen) atoms. The fourth-order valence-corrected chi connectivity index (χ4v) is 2.16. The van der Waals surface area contributed by atoms with Gasteiger partial charge >= 0.3 is 0 Å². The predicted molar refractivity (Wildman–Crippen MR) is 59.6 cm³/mol. The summed E-state index contributed by atoms with van der Waals surface area (Å²) in [7, 11) is 0. The van der Waals surface area contributed by atoms with E-state index in [1.54, 1.807) is 6.26 Å². The van der Waals surface area contributed by atoms with Gasteiger partial charge < -0.3 is 14.2 Å². The quantitative estimate of drug-likeness (QED) is 0.646. The van der Waals surface area contributed by atoms with Crippen LogP contribution in [0.5, 0.6) is 0 Å². The summed E-state index contributed by atoms with van der Waals surface area (Å²) in [5.41, 5.74) is -0.310. The molecule has 1 saturated heterocycles.